The van der Waals surface area contributed by atoms with Gasteiger partial charge in [-0.2, -0.15) is 0 Å². The Morgan fingerprint density at radius 2 is 2.21 bits per heavy atom. The zero-order valence-electron chi connectivity index (χ0n) is 9.47. The maximum atomic E-state index is 6.23. The molecule has 14 heavy (non-hydrogen) atoms. The number of likely N-dealkylation sites (tertiary alicyclic amines) is 1. The van der Waals surface area contributed by atoms with Crippen molar-refractivity contribution in [2.75, 3.05) is 19.6 Å². The van der Waals surface area contributed by atoms with Crippen molar-refractivity contribution in [2.45, 2.75) is 51.0 Å². The molecule has 0 amide bonds. The molecular formula is C12H24N2. The van der Waals surface area contributed by atoms with Crippen molar-refractivity contribution in [3.63, 3.8) is 0 Å². The van der Waals surface area contributed by atoms with Gasteiger partial charge in [-0.1, -0.05) is 6.92 Å². The average molecular weight is 196 g/mol. The molecule has 0 aromatic rings. The van der Waals surface area contributed by atoms with Crippen LogP contribution in [0.4, 0.5) is 0 Å². The van der Waals surface area contributed by atoms with Gasteiger partial charge in [-0.3, -0.25) is 0 Å². The predicted octanol–water partition coefficient (Wildman–Crippen LogP) is 1.99. The Hall–Kier alpha value is -0.0800. The third kappa shape index (κ3) is 2.29. The zero-order chi connectivity index (χ0) is 10.0. The summed E-state index contributed by atoms with van der Waals surface area (Å²) < 4.78 is 0. The first-order chi connectivity index (χ1) is 6.72. The minimum Gasteiger partial charge on any atom is -0.325 e. The van der Waals surface area contributed by atoms with Crippen LogP contribution in [-0.2, 0) is 0 Å². The van der Waals surface area contributed by atoms with E-state index in [2.05, 4.69) is 11.8 Å². The van der Waals surface area contributed by atoms with E-state index in [0.29, 0.717) is 0 Å². The molecule has 0 radical (unpaired) electrons. The van der Waals surface area contributed by atoms with Gasteiger partial charge in [0, 0.05) is 12.1 Å². The first-order valence-corrected chi connectivity index (χ1v) is 6.23. The third-order valence-electron chi connectivity index (χ3n) is 4.22. The summed E-state index contributed by atoms with van der Waals surface area (Å²) in [5.74, 6) is 0.941. The molecule has 0 bridgehead atoms. The number of hydrogen-bond acceptors (Lipinski definition) is 2. The summed E-state index contributed by atoms with van der Waals surface area (Å²) in [5.41, 5.74) is 6.48. The summed E-state index contributed by atoms with van der Waals surface area (Å²) >= 11 is 0. The van der Waals surface area contributed by atoms with Gasteiger partial charge in [0.2, 0.25) is 0 Å². The minimum atomic E-state index is 0.250. The van der Waals surface area contributed by atoms with Crippen molar-refractivity contribution in [3.8, 4) is 0 Å². The molecule has 1 aliphatic carbocycles. The Labute approximate surface area is 87.8 Å². The second kappa shape index (κ2) is 4.19. The molecule has 2 aliphatic rings. The molecule has 0 spiro atoms. The van der Waals surface area contributed by atoms with Crippen LogP contribution in [0.2, 0.25) is 0 Å². The first-order valence-electron chi connectivity index (χ1n) is 6.23. The predicted molar refractivity (Wildman–Crippen MR) is 60.2 cm³/mol. The quantitative estimate of drug-likeness (QED) is 0.745. The van der Waals surface area contributed by atoms with E-state index in [0.717, 1.165) is 5.92 Å². The molecule has 0 aromatic carbocycles. The van der Waals surface area contributed by atoms with Crippen molar-refractivity contribution in [1.82, 2.24) is 4.90 Å². The fourth-order valence-corrected chi connectivity index (χ4v) is 2.81. The van der Waals surface area contributed by atoms with Crippen LogP contribution >= 0.6 is 0 Å². The van der Waals surface area contributed by atoms with Gasteiger partial charge in [0.1, 0.15) is 0 Å². The summed E-state index contributed by atoms with van der Waals surface area (Å²) in [6.07, 6.45) is 7.96. The van der Waals surface area contributed by atoms with Gasteiger partial charge < -0.3 is 10.6 Å². The molecule has 1 unspecified atom stereocenters. The monoisotopic (exact) mass is 196 g/mol. The molecule has 1 saturated carbocycles. The van der Waals surface area contributed by atoms with Gasteiger partial charge in [-0.15, -0.1) is 0 Å². The van der Waals surface area contributed by atoms with Crippen LogP contribution < -0.4 is 5.73 Å². The van der Waals surface area contributed by atoms with Gasteiger partial charge in [-0.05, 0) is 57.5 Å². The Morgan fingerprint density at radius 1 is 1.43 bits per heavy atom. The zero-order valence-corrected chi connectivity index (χ0v) is 9.47. The van der Waals surface area contributed by atoms with Gasteiger partial charge in [-0.25, -0.2) is 0 Å². The Balaban J connectivity index is 1.66. The maximum Gasteiger partial charge on any atom is 0.0154 e. The summed E-state index contributed by atoms with van der Waals surface area (Å²) in [6, 6.07) is 0. The molecule has 1 aliphatic heterocycles. The van der Waals surface area contributed by atoms with Gasteiger partial charge in [0.25, 0.3) is 0 Å². The van der Waals surface area contributed by atoms with Crippen molar-refractivity contribution in [1.29, 1.82) is 0 Å². The molecule has 0 aromatic heterocycles. The lowest BCUT2D eigenvalue weighted by molar-refractivity contribution is 0.212. The minimum absolute atomic E-state index is 0.250. The standard InChI is InChI=1S/C12H24N2/c1-2-14-9-5-11(10-14)4-8-12(13)6-3-7-12/h11H,2-10,13H2,1H3. The van der Waals surface area contributed by atoms with E-state index in [9.17, 15) is 0 Å². The number of nitrogens with zero attached hydrogens (tertiary/aromatic N) is 1. The average Bonchev–Trinajstić information content (AvgIpc) is 2.59. The third-order valence-corrected chi connectivity index (χ3v) is 4.22. The number of nitrogens with two attached hydrogens (primary N) is 1. The molecule has 82 valence electrons. The molecule has 2 N–H and O–H groups in total. The topological polar surface area (TPSA) is 29.3 Å². The largest absolute Gasteiger partial charge is 0.325 e. The first kappa shape index (κ1) is 10.4. The summed E-state index contributed by atoms with van der Waals surface area (Å²) in [6.45, 7) is 6.13. The molecule has 2 nitrogen and oxygen atoms in total. The van der Waals surface area contributed by atoms with Gasteiger partial charge in [0.15, 0.2) is 0 Å². The molecule has 2 fully saturated rings. The van der Waals surface area contributed by atoms with E-state index < -0.39 is 0 Å². The molecular weight excluding hydrogens is 172 g/mol. The number of hydrogen-bond donors (Lipinski definition) is 1. The highest BCUT2D eigenvalue weighted by molar-refractivity contribution is 4.93. The van der Waals surface area contributed by atoms with Crippen LogP contribution in [0.3, 0.4) is 0 Å². The smallest absolute Gasteiger partial charge is 0.0154 e. The highest BCUT2D eigenvalue weighted by atomic mass is 15.1. The van der Waals surface area contributed by atoms with E-state index in [1.54, 1.807) is 0 Å². The highest BCUT2D eigenvalue weighted by Crippen LogP contribution is 2.35. The lowest BCUT2D eigenvalue weighted by Gasteiger charge is -2.38. The van der Waals surface area contributed by atoms with Crippen LogP contribution in [-0.4, -0.2) is 30.1 Å². The Morgan fingerprint density at radius 3 is 2.71 bits per heavy atom. The second-order valence-electron chi connectivity index (χ2n) is 5.30. The normalized spacial score (nSPS) is 31.7. The van der Waals surface area contributed by atoms with Crippen molar-refractivity contribution < 1.29 is 0 Å². The van der Waals surface area contributed by atoms with Crippen LogP contribution in [0.25, 0.3) is 0 Å². The highest BCUT2D eigenvalue weighted by Gasteiger charge is 2.33. The summed E-state index contributed by atoms with van der Waals surface area (Å²) in [4.78, 5) is 2.56. The molecule has 2 heteroatoms. The van der Waals surface area contributed by atoms with Crippen LogP contribution in [0, 0.1) is 5.92 Å². The SMILES string of the molecule is CCN1CCC(CCC2(N)CCC2)C1. The van der Waals surface area contributed by atoms with E-state index in [4.69, 9.17) is 5.73 Å². The summed E-state index contributed by atoms with van der Waals surface area (Å²) in [5, 5.41) is 0. The lowest BCUT2D eigenvalue weighted by atomic mass is 9.73. The Kier molecular flexibility index (Phi) is 3.13. The fraction of sp³-hybridized carbons (Fsp3) is 1.00. The molecule has 1 atom stereocenters. The maximum absolute atomic E-state index is 6.23. The van der Waals surface area contributed by atoms with E-state index in [-0.39, 0.29) is 5.54 Å². The second-order valence-corrected chi connectivity index (χ2v) is 5.30. The molecule has 1 heterocycles. The fourth-order valence-electron chi connectivity index (χ4n) is 2.81. The van der Waals surface area contributed by atoms with Crippen LogP contribution in [0.1, 0.15) is 45.4 Å². The summed E-state index contributed by atoms with van der Waals surface area (Å²) in [7, 11) is 0. The lowest BCUT2D eigenvalue weighted by Crippen LogP contribution is -2.46. The van der Waals surface area contributed by atoms with Gasteiger partial charge in [0.05, 0.1) is 0 Å². The Bertz CT molecular complexity index is 187. The molecule has 1 saturated heterocycles. The van der Waals surface area contributed by atoms with Crippen molar-refractivity contribution >= 4 is 0 Å². The molecule has 2 rings (SSSR count). The van der Waals surface area contributed by atoms with E-state index >= 15 is 0 Å². The van der Waals surface area contributed by atoms with E-state index in [1.807, 2.05) is 0 Å². The van der Waals surface area contributed by atoms with Crippen LogP contribution in [0.15, 0.2) is 0 Å². The van der Waals surface area contributed by atoms with Crippen molar-refractivity contribution in [3.05, 3.63) is 0 Å². The van der Waals surface area contributed by atoms with Crippen molar-refractivity contribution in [2.24, 2.45) is 11.7 Å². The number of rotatable bonds is 4. The van der Waals surface area contributed by atoms with Gasteiger partial charge >= 0.3 is 0 Å². The van der Waals surface area contributed by atoms with E-state index in [1.165, 1.54) is 58.2 Å². The van der Waals surface area contributed by atoms with Crippen LogP contribution in [0.5, 0.6) is 0 Å².